The summed E-state index contributed by atoms with van der Waals surface area (Å²) in [5.74, 6) is -0.406. The molecule has 0 saturated heterocycles. The van der Waals surface area contributed by atoms with Crippen molar-refractivity contribution in [2.24, 2.45) is 5.92 Å². The van der Waals surface area contributed by atoms with E-state index in [1.807, 2.05) is 18.2 Å². The molecule has 0 radical (unpaired) electrons. The van der Waals surface area contributed by atoms with Crippen LogP contribution in [-0.2, 0) is 21.2 Å². The van der Waals surface area contributed by atoms with Gasteiger partial charge in [-0.1, -0.05) is 49.4 Å². The second-order valence-corrected chi connectivity index (χ2v) is 10.7. The molecule has 3 aromatic carbocycles. The number of benzene rings is 3. The molecule has 7 nitrogen and oxygen atoms in total. The first kappa shape index (κ1) is 25.2. The molecule has 3 rings (SSSR count). The normalized spacial score (nSPS) is 12.2. The van der Waals surface area contributed by atoms with E-state index in [-0.39, 0.29) is 24.3 Å². The number of hydrogen-bond donors (Lipinski definition) is 1. The molecule has 1 unspecified atom stereocenters. The summed E-state index contributed by atoms with van der Waals surface area (Å²) in [5.41, 5.74) is 1.98. The number of anilines is 1. The summed E-state index contributed by atoms with van der Waals surface area (Å²) in [4.78, 5) is 26.2. The zero-order valence-electron chi connectivity index (χ0n) is 20.0. The van der Waals surface area contributed by atoms with E-state index in [2.05, 4.69) is 36.5 Å². The Morgan fingerprint density at radius 3 is 2.24 bits per heavy atom. The molecule has 180 valence electrons. The summed E-state index contributed by atoms with van der Waals surface area (Å²) in [6.07, 6.45) is 1.85. The van der Waals surface area contributed by atoms with Crippen molar-refractivity contribution in [3.63, 3.8) is 0 Å². The lowest BCUT2D eigenvalue weighted by atomic mass is 9.96. The number of amides is 2. The van der Waals surface area contributed by atoms with E-state index in [0.717, 1.165) is 17.0 Å². The largest absolute Gasteiger partial charge is 0.354 e. The third-order valence-corrected chi connectivity index (χ3v) is 6.73. The van der Waals surface area contributed by atoms with Gasteiger partial charge in [0.2, 0.25) is 15.9 Å². The second-order valence-electron chi connectivity index (χ2n) is 8.77. The summed E-state index contributed by atoms with van der Waals surface area (Å²) >= 11 is 0. The predicted molar refractivity (Wildman–Crippen MR) is 136 cm³/mol. The number of carbonyl (C=O) groups excluding carboxylic acids is 2. The van der Waals surface area contributed by atoms with E-state index in [4.69, 9.17) is 0 Å². The van der Waals surface area contributed by atoms with Gasteiger partial charge in [-0.25, -0.2) is 8.42 Å². The monoisotopic (exact) mass is 481 g/mol. The number of sulfonamides is 1. The van der Waals surface area contributed by atoms with Crippen molar-refractivity contribution in [2.45, 2.75) is 13.3 Å². The topological polar surface area (TPSA) is 86.8 Å². The Morgan fingerprint density at radius 2 is 1.59 bits per heavy atom. The Hall–Kier alpha value is -3.39. The van der Waals surface area contributed by atoms with Crippen LogP contribution in [0, 0.1) is 5.92 Å². The third kappa shape index (κ3) is 6.35. The molecule has 3 aromatic rings. The van der Waals surface area contributed by atoms with Crippen molar-refractivity contribution in [1.82, 2.24) is 10.2 Å². The van der Waals surface area contributed by atoms with Gasteiger partial charge in [0.15, 0.2) is 0 Å². The Morgan fingerprint density at radius 1 is 0.941 bits per heavy atom. The molecule has 0 saturated carbocycles. The lowest BCUT2D eigenvalue weighted by Crippen LogP contribution is -2.41. The molecule has 0 heterocycles. The van der Waals surface area contributed by atoms with Crippen molar-refractivity contribution in [3.8, 4) is 0 Å². The summed E-state index contributed by atoms with van der Waals surface area (Å²) in [6.45, 7) is 2.15. The van der Waals surface area contributed by atoms with Crippen LogP contribution in [0.5, 0.6) is 0 Å². The SMILES string of the molecule is CC(CNC(=O)CN(c1ccc(C(=O)N(C)C)cc1)S(C)(=O)=O)Cc1cccc2ccccc12. The van der Waals surface area contributed by atoms with Gasteiger partial charge in [-0.15, -0.1) is 0 Å². The average molecular weight is 482 g/mol. The molecule has 2 amide bonds. The second kappa shape index (κ2) is 10.7. The molecule has 0 aliphatic heterocycles. The van der Waals surface area contributed by atoms with Crippen LogP contribution < -0.4 is 9.62 Å². The Kier molecular flexibility index (Phi) is 7.94. The van der Waals surface area contributed by atoms with Gasteiger partial charge in [-0.2, -0.15) is 0 Å². The first-order chi connectivity index (χ1) is 16.1. The zero-order chi connectivity index (χ0) is 24.9. The number of hydrogen-bond acceptors (Lipinski definition) is 4. The fraction of sp³-hybridized carbons (Fsp3) is 0.308. The van der Waals surface area contributed by atoms with E-state index < -0.39 is 10.0 Å². The molecule has 0 aromatic heterocycles. The van der Waals surface area contributed by atoms with Crippen molar-refractivity contribution in [3.05, 3.63) is 77.9 Å². The minimum absolute atomic E-state index is 0.165. The number of nitrogens with one attached hydrogen (secondary N) is 1. The van der Waals surface area contributed by atoms with Gasteiger partial charge in [-0.3, -0.25) is 13.9 Å². The van der Waals surface area contributed by atoms with Crippen molar-refractivity contribution >= 4 is 38.3 Å². The Bertz CT molecular complexity index is 1270. The molecular weight excluding hydrogens is 450 g/mol. The minimum atomic E-state index is -3.70. The summed E-state index contributed by atoms with van der Waals surface area (Å²) < 4.78 is 25.8. The van der Waals surface area contributed by atoms with Gasteiger partial charge in [0.25, 0.3) is 5.91 Å². The van der Waals surface area contributed by atoms with E-state index in [1.54, 1.807) is 26.2 Å². The highest BCUT2D eigenvalue weighted by Crippen LogP contribution is 2.21. The van der Waals surface area contributed by atoms with Crippen LogP contribution in [0.25, 0.3) is 10.8 Å². The van der Waals surface area contributed by atoms with Crippen LogP contribution in [0.15, 0.2) is 66.7 Å². The molecule has 0 spiro atoms. The summed E-state index contributed by atoms with van der Waals surface area (Å²) in [6, 6.07) is 20.6. The van der Waals surface area contributed by atoms with Crippen molar-refractivity contribution < 1.29 is 18.0 Å². The van der Waals surface area contributed by atoms with Crippen LogP contribution in [-0.4, -0.2) is 58.6 Å². The fourth-order valence-electron chi connectivity index (χ4n) is 3.82. The molecule has 0 bridgehead atoms. The maximum Gasteiger partial charge on any atom is 0.253 e. The van der Waals surface area contributed by atoms with E-state index in [0.29, 0.717) is 17.8 Å². The van der Waals surface area contributed by atoms with Gasteiger partial charge >= 0.3 is 0 Å². The minimum Gasteiger partial charge on any atom is -0.354 e. The van der Waals surface area contributed by atoms with Crippen LogP contribution in [0.4, 0.5) is 5.69 Å². The Labute approximate surface area is 201 Å². The number of rotatable bonds is 9. The standard InChI is InChI=1S/C26H31N3O4S/c1-19(16-22-10-7-9-20-8-5-6-11-24(20)22)17-27-25(30)18-29(34(4,32)33)23-14-12-21(13-15-23)26(31)28(2)3/h5-15,19H,16-18H2,1-4H3,(H,27,30). The van der Waals surface area contributed by atoms with Crippen molar-refractivity contribution in [1.29, 1.82) is 0 Å². The summed E-state index contributed by atoms with van der Waals surface area (Å²) in [7, 11) is -0.410. The van der Waals surface area contributed by atoms with Crippen LogP contribution in [0.2, 0.25) is 0 Å². The maximum atomic E-state index is 12.6. The molecular formula is C26H31N3O4S. The van der Waals surface area contributed by atoms with Gasteiger partial charge in [0, 0.05) is 26.2 Å². The highest BCUT2D eigenvalue weighted by molar-refractivity contribution is 7.92. The van der Waals surface area contributed by atoms with Gasteiger partial charge in [0.05, 0.1) is 11.9 Å². The predicted octanol–water partition coefficient (Wildman–Crippen LogP) is 3.30. The van der Waals surface area contributed by atoms with Gasteiger partial charge in [0.1, 0.15) is 6.54 Å². The smallest absolute Gasteiger partial charge is 0.253 e. The highest BCUT2D eigenvalue weighted by Gasteiger charge is 2.21. The highest BCUT2D eigenvalue weighted by atomic mass is 32.2. The van der Waals surface area contributed by atoms with E-state index in [1.165, 1.54) is 33.4 Å². The lowest BCUT2D eigenvalue weighted by molar-refractivity contribution is -0.119. The molecule has 0 aliphatic carbocycles. The first-order valence-corrected chi connectivity index (χ1v) is 12.9. The molecule has 34 heavy (non-hydrogen) atoms. The first-order valence-electron chi connectivity index (χ1n) is 11.1. The third-order valence-electron chi connectivity index (χ3n) is 5.59. The van der Waals surface area contributed by atoms with Crippen molar-refractivity contribution in [2.75, 3.05) is 37.7 Å². The molecule has 0 fully saturated rings. The zero-order valence-corrected chi connectivity index (χ0v) is 20.8. The number of fused-ring (bicyclic) bond motifs is 1. The average Bonchev–Trinajstić information content (AvgIpc) is 2.80. The molecule has 0 aliphatic rings. The van der Waals surface area contributed by atoms with Gasteiger partial charge < -0.3 is 10.2 Å². The maximum absolute atomic E-state index is 12.6. The lowest BCUT2D eigenvalue weighted by Gasteiger charge is -2.23. The molecule has 1 atom stereocenters. The number of carbonyl (C=O) groups is 2. The summed E-state index contributed by atoms with van der Waals surface area (Å²) in [5, 5.41) is 5.24. The van der Waals surface area contributed by atoms with Crippen LogP contribution in [0.3, 0.4) is 0 Å². The van der Waals surface area contributed by atoms with Crippen LogP contribution >= 0.6 is 0 Å². The van der Waals surface area contributed by atoms with E-state index in [9.17, 15) is 18.0 Å². The number of nitrogens with zero attached hydrogens (tertiary/aromatic N) is 2. The fourth-order valence-corrected chi connectivity index (χ4v) is 4.68. The Balaban J connectivity index is 1.63. The van der Waals surface area contributed by atoms with E-state index >= 15 is 0 Å². The quantitative estimate of drug-likeness (QED) is 0.508. The molecule has 8 heteroatoms. The van der Waals surface area contributed by atoms with Crippen LogP contribution in [0.1, 0.15) is 22.8 Å². The van der Waals surface area contributed by atoms with Gasteiger partial charge in [-0.05, 0) is 52.9 Å². The molecule has 1 N–H and O–H groups in total.